The maximum absolute atomic E-state index is 12.9. The van der Waals surface area contributed by atoms with E-state index in [9.17, 15) is 9.59 Å². The van der Waals surface area contributed by atoms with Crippen LogP contribution in [0.25, 0.3) is 0 Å². The summed E-state index contributed by atoms with van der Waals surface area (Å²) >= 11 is 0. The van der Waals surface area contributed by atoms with Crippen molar-refractivity contribution in [3.8, 4) is 5.75 Å². The lowest BCUT2D eigenvalue weighted by molar-refractivity contribution is -0.124. The van der Waals surface area contributed by atoms with E-state index in [1.165, 1.54) is 6.42 Å². The van der Waals surface area contributed by atoms with Gasteiger partial charge in [0.05, 0.1) is 13.2 Å². The van der Waals surface area contributed by atoms with Gasteiger partial charge in [0.25, 0.3) is 0 Å². The number of benzene rings is 1. The highest BCUT2D eigenvalue weighted by Gasteiger charge is 2.41. The number of amides is 3. The highest BCUT2D eigenvalue weighted by molar-refractivity contribution is 5.88. The van der Waals surface area contributed by atoms with E-state index in [4.69, 9.17) is 9.47 Å². The Morgan fingerprint density at radius 3 is 2.61 bits per heavy atom. The highest BCUT2D eigenvalue weighted by atomic mass is 16.5. The van der Waals surface area contributed by atoms with Crippen LogP contribution in [0, 0.1) is 0 Å². The number of nitrogens with one attached hydrogen (secondary N) is 2. The summed E-state index contributed by atoms with van der Waals surface area (Å²) in [6, 6.07) is 9.02. The fraction of sp³-hybridized carbons (Fsp3) is 0.619. The molecule has 3 amide bonds. The van der Waals surface area contributed by atoms with E-state index in [0.717, 1.165) is 31.4 Å². The second-order valence-electron chi connectivity index (χ2n) is 7.53. The van der Waals surface area contributed by atoms with Crippen molar-refractivity contribution >= 4 is 11.9 Å². The van der Waals surface area contributed by atoms with Gasteiger partial charge in [0.15, 0.2) is 0 Å². The molecule has 0 spiro atoms. The second-order valence-corrected chi connectivity index (χ2v) is 7.53. The van der Waals surface area contributed by atoms with Gasteiger partial charge in [0.2, 0.25) is 5.91 Å². The van der Waals surface area contributed by atoms with Crippen LogP contribution in [0.2, 0.25) is 0 Å². The van der Waals surface area contributed by atoms with Crippen molar-refractivity contribution < 1.29 is 19.1 Å². The Labute approximate surface area is 166 Å². The predicted molar refractivity (Wildman–Crippen MR) is 106 cm³/mol. The maximum Gasteiger partial charge on any atom is 0.318 e. The number of para-hydroxylation sites is 1. The average Bonchev–Trinajstić information content (AvgIpc) is 3.14. The number of urea groups is 1. The first-order chi connectivity index (χ1) is 13.7. The first kappa shape index (κ1) is 20.5. The van der Waals surface area contributed by atoms with Gasteiger partial charge < -0.3 is 25.0 Å². The van der Waals surface area contributed by atoms with Crippen molar-refractivity contribution in [2.45, 2.75) is 56.7 Å². The van der Waals surface area contributed by atoms with Gasteiger partial charge >= 0.3 is 6.03 Å². The lowest BCUT2D eigenvalue weighted by Crippen LogP contribution is -2.52. The fourth-order valence-corrected chi connectivity index (χ4v) is 3.95. The van der Waals surface area contributed by atoms with Gasteiger partial charge in [-0.05, 0) is 25.0 Å². The molecule has 154 valence electrons. The molecule has 1 heterocycles. The van der Waals surface area contributed by atoms with Gasteiger partial charge in [0, 0.05) is 26.1 Å². The second kappa shape index (κ2) is 10.3. The Morgan fingerprint density at radius 2 is 1.89 bits per heavy atom. The van der Waals surface area contributed by atoms with Crippen LogP contribution in [0.4, 0.5) is 4.79 Å². The molecule has 1 saturated heterocycles. The number of nitrogens with zero attached hydrogens (tertiary/aromatic N) is 1. The smallest absolute Gasteiger partial charge is 0.318 e. The van der Waals surface area contributed by atoms with Crippen LogP contribution in [-0.4, -0.2) is 61.8 Å². The number of carbonyl (C=O) groups is 2. The van der Waals surface area contributed by atoms with Gasteiger partial charge in [-0.2, -0.15) is 0 Å². The fourth-order valence-electron chi connectivity index (χ4n) is 3.95. The van der Waals surface area contributed by atoms with E-state index in [-0.39, 0.29) is 24.1 Å². The summed E-state index contributed by atoms with van der Waals surface area (Å²) in [5, 5.41) is 5.98. The van der Waals surface area contributed by atoms with Gasteiger partial charge in [-0.1, -0.05) is 37.5 Å². The van der Waals surface area contributed by atoms with Crippen LogP contribution in [0.1, 0.15) is 38.5 Å². The van der Waals surface area contributed by atoms with Crippen LogP contribution in [-0.2, 0) is 9.53 Å². The van der Waals surface area contributed by atoms with Crippen molar-refractivity contribution in [2.24, 2.45) is 0 Å². The van der Waals surface area contributed by atoms with Gasteiger partial charge in [-0.15, -0.1) is 0 Å². The molecule has 0 aromatic heterocycles. The Morgan fingerprint density at radius 1 is 1.14 bits per heavy atom. The Bertz CT molecular complexity index is 634. The van der Waals surface area contributed by atoms with Crippen LogP contribution in [0.3, 0.4) is 0 Å². The number of likely N-dealkylation sites (tertiary alicyclic amines) is 1. The highest BCUT2D eigenvalue weighted by Crippen LogP contribution is 2.24. The molecular weight excluding hydrogens is 358 g/mol. The minimum Gasteiger partial charge on any atom is -0.488 e. The lowest BCUT2D eigenvalue weighted by atomic mass is 9.96. The van der Waals surface area contributed by atoms with Gasteiger partial charge in [0.1, 0.15) is 17.9 Å². The molecule has 2 unspecified atom stereocenters. The van der Waals surface area contributed by atoms with E-state index in [1.807, 2.05) is 30.3 Å². The van der Waals surface area contributed by atoms with E-state index in [1.54, 1.807) is 12.0 Å². The molecule has 0 radical (unpaired) electrons. The molecule has 1 aromatic rings. The van der Waals surface area contributed by atoms with E-state index in [0.29, 0.717) is 26.1 Å². The van der Waals surface area contributed by atoms with Crippen LogP contribution in [0.15, 0.2) is 30.3 Å². The molecule has 1 aliphatic heterocycles. The Hall–Kier alpha value is -2.28. The molecule has 0 bridgehead atoms. The molecule has 2 atom stereocenters. The third-order valence-corrected chi connectivity index (χ3v) is 5.41. The summed E-state index contributed by atoms with van der Waals surface area (Å²) in [7, 11) is 1.59. The molecule has 7 nitrogen and oxygen atoms in total. The largest absolute Gasteiger partial charge is 0.488 e. The molecule has 2 fully saturated rings. The number of rotatable bonds is 7. The first-order valence-electron chi connectivity index (χ1n) is 10.2. The third-order valence-electron chi connectivity index (χ3n) is 5.41. The summed E-state index contributed by atoms with van der Waals surface area (Å²) in [5.41, 5.74) is 0. The standard InChI is InChI=1S/C21H31N3O4/c1-27-13-12-22-20(25)19-14-18(28-17-10-6-3-7-11-17)15-24(19)21(26)23-16-8-4-2-5-9-16/h3,6-7,10-11,16,18-19H,2,4-5,8-9,12-15H2,1H3,(H,22,25)(H,23,26). The molecule has 1 aromatic carbocycles. The summed E-state index contributed by atoms with van der Waals surface area (Å²) in [4.78, 5) is 27.2. The zero-order chi connectivity index (χ0) is 19.8. The minimum absolute atomic E-state index is 0.157. The van der Waals surface area contributed by atoms with E-state index >= 15 is 0 Å². The topological polar surface area (TPSA) is 79.9 Å². The number of carbonyl (C=O) groups excluding carboxylic acids is 2. The molecule has 28 heavy (non-hydrogen) atoms. The van der Waals surface area contributed by atoms with Gasteiger partial charge in [-0.25, -0.2) is 4.79 Å². The van der Waals surface area contributed by atoms with Gasteiger partial charge in [-0.3, -0.25) is 4.79 Å². The number of hydrogen-bond acceptors (Lipinski definition) is 4. The molecule has 2 aliphatic rings. The van der Waals surface area contributed by atoms with E-state index in [2.05, 4.69) is 10.6 Å². The zero-order valence-corrected chi connectivity index (χ0v) is 16.6. The molecular formula is C21H31N3O4. The minimum atomic E-state index is -0.533. The van der Waals surface area contributed by atoms with Crippen LogP contribution in [0.5, 0.6) is 5.75 Å². The normalized spacial score (nSPS) is 22.7. The number of ether oxygens (including phenoxy) is 2. The lowest BCUT2D eigenvalue weighted by Gasteiger charge is -2.28. The molecule has 3 rings (SSSR count). The predicted octanol–water partition coefficient (Wildman–Crippen LogP) is 2.31. The van der Waals surface area contributed by atoms with Crippen LogP contribution >= 0.6 is 0 Å². The third kappa shape index (κ3) is 5.61. The van der Waals surface area contributed by atoms with Crippen molar-refractivity contribution in [3.05, 3.63) is 30.3 Å². The average molecular weight is 389 g/mol. The van der Waals surface area contributed by atoms with Crippen molar-refractivity contribution in [1.29, 1.82) is 0 Å². The van der Waals surface area contributed by atoms with E-state index < -0.39 is 6.04 Å². The van der Waals surface area contributed by atoms with Crippen molar-refractivity contribution in [2.75, 3.05) is 26.8 Å². The Balaban J connectivity index is 1.63. The monoisotopic (exact) mass is 389 g/mol. The summed E-state index contributed by atoms with van der Waals surface area (Å²) in [5.74, 6) is 0.593. The first-order valence-corrected chi connectivity index (χ1v) is 10.2. The quantitative estimate of drug-likeness (QED) is 0.702. The number of hydrogen-bond donors (Lipinski definition) is 2. The summed E-state index contributed by atoms with van der Waals surface area (Å²) in [6.07, 6.45) is 5.80. The van der Waals surface area contributed by atoms with Crippen LogP contribution < -0.4 is 15.4 Å². The zero-order valence-electron chi connectivity index (χ0n) is 16.6. The summed E-state index contributed by atoms with van der Waals surface area (Å²) < 4.78 is 11.0. The molecule has 7 heteroatoms. The maximum atomic E-state index is 12.9. The number of methoxy groups -OCH3 is 1. The summed E-state index contributed by atoms with van der Waals surface area (Å²) in [6.45, 7) is 1.26. The van der Waals surface area contributed by atoms with Crippen molar-refractivity contribution in [1.82, 2.24) is 15.5 Å². The molecule has 1 saturated carbocycles. The van der Waals surface area contributed by atoms with Crippen molar-refractivity contribution in [3.63, 3.8) is 0 Å². The molecule has 1 aliphatic carbocycles. The molecule has 2 N–H and O–H groups in total. The Kier molecular flexibility index (Phi) is 7.54. The SMILES string of the molecule is COCCNC(=O)C1CC(Oc2ccccc2)CN1C(=O)NC1CCCCC1.